The molecule has 0 aliphatic heterocycles. The molecule has 0 saturated heterocycles. The Balaban J connectivity index is 0.000000178. The van der Waals surface area contributed by atoms with Crippen LogP contribution in [0.2, 0.25) is 0 Å². The van der Waals surface area contributed by atoms with E-state index in [2.05, 4.69) is 336 Å². The van der Waals surface area contributed by atoms with Crippen LogP contribution in [0.4, 0.5) is 4.39 Å². The Hall–Kier alpha value is -13.1. The molecular weight excluding hydrogens is 1760 g/mol. The number of halogens is 1. The van der Waals surface area contributed by atoms with Gasteiger partial charge in [-0.15, -0.1) is 131 Å². The zero-order valence-electron chi connectivity index (χ0n) is 63.7. The summed E-state index contributed by atoms with van der Waals surface area (Å²) in [5.41, 5.74) is 38.2. The van der Waals surface area contributed by atoms with Crippen LogP contribution in [-0.2, 0) is 40.2 Å². The smallest absolute Gasteiger partial charge is 0.0408 e. The van der Waals surface area contributed by atoms with Gasteiger partial charge in [-0.05, 0) is 182 Å². The minimum Gasteiger partial charge on any atom is -0.304 e. The Labute approximate surface area is 700 Å². The van der Waals surface area contributed by atoms with Crippen LogP contribution in [0.25, 0.3) is 179 Å². The third-order valence-electron chi connectivity index (χ3n) is 20.8. The minimum absolute atomic E-state index is 0. The van der Waals surface area contributed by atoms with Gasteiger partial charge in [0.2, 0.25) is 0 Å². The molecule has 4 nitrogen and oxygen atoms in total. The van der Waals surface area contributed by atoms with Gasteiger partial charge in [-0.2, -0.15) is 0 Å². The second-order valence-corrected chi connectivity index (χ2v) is 28.5. The van der Waals surface area contributed by atoms with Gasteiger partial charge < -0.3 is 19.9 Å². The monoisotopic (exact) mass is 1830 g/mol. The Morgan fingerprint density at radius 2 is 0.539 bits per heavy atom. The van der Waals surface area contributed by atoms with Gasteiger partial charge in [-0.1, -0.05) is 286 Å². The molecule has 0 atom stereocenters. The average Bonchev–Trinajstić information content (AvgIpc) is 0.772. The van der Waals surface area contributed by atoms with Crippen molar-refractivity contribution in [2.24, 2.45) is 0 Å². The second kappa shape index (κ2) is 35.3. The van der Waals surface area contributed by atoms with E-state index >= 15 is 0 Å². The van der Waals surface area contributed by atoms with Crippen LogP contribution >= 0.6 is 0 Å². The normalized spacial score (nSPS) is 10.9. The number of benzene rings is 14. The van der Waals surface area contributed by atoms with Crippen LogP contribution in [0.5, 0.6) is 0 Å². The van der Waals surface area contributed by atoms with E-state index in [0.717, 1.165) is 162 Å². The summed E-state index contributed by atoms with van der Waals surface area (Å²) in [4.78, 5) is 19.7. The molecular formula is C108H75FIr2N4-4. The van der Waals surface area contributed by atoms with Gasteiger partial charge >= 0.3 is 0 Å². The summed E-state index contributed by atoms with van der Waals surface area (Å²) in [6.45, 7) is 8.19. The van der Waals surface area contributed by atoms with E-state index in [-0.39, 0.29) is 46.0 Å². The Bertz CT molecular complexity index is 6430. The van der Waals surface area contributed by atoms with Crippen molar-refractivity contribution in [2.45, 2.75) is 27.7 Å². The second-order valence-electron chi connectivity index (χ2n) is 28.5. The molecule has 0 saturated carbocycles. The molecule has 115 heavy (non-hydrogen) atoms. The molecule has 0 aliphatic rings. The molecule has 2 radical (unpaired) electrons. The van der Waals surface area contributed by atoms with Crippen molar-refractivity contribution in [1.29, 1.82) is 0 Å². The molecule has 0 aliphatic carbocycles. The van der Waals surface area contributed by atoms with Gasteiger partial charge in [0, 0.05) is 81.9 Å². The third kappa shape index (κ3) is 17.2. The summed E-state index contributed by atoms with van der Waals surface area (Å²) in [6, 6.07) is 138. The fraction of sp³-hybridized carbons (Fsp3) is 0.0370. The van der Waals surface area contributed by atoms with Crippen molar-refractivity contribution in [1.82, 2.24) is 19.9 Å². The zero-order valence-corrected chi connectivity index (χ0v) is 68.5. The summed E-state index contributed by atoms with van der Waals surface area (Å²) < 4.78 is 13.9. The van der Waals surface area contributed by atoms with E-state index in [0.29, 0.717) is 5.56 Å². The van der Waals surface area contributed by atoms with Crippen molar-refractivity contribution in [3.63, 3.8) is 0 Å². The van der Waals surface area contributed by atoms with E-state index < -0.39 is 0 Å². The molecule has 7 heteroatoms. The van der Waals surface area contributed by atoms with Gasteiger partial charge in [-0.3, -0.25) is 4.39 Å². The summed E-state index contributed by atoms with van der Waals surface area (Å²) in [6.07, 6.45) is 7.92. The standard InChI is InChI=1S/C54H37FN2.C54H38N2.2Ir/c1-36-29-44(47-18-10-9-17-46(47)43-26-28-53(56-34-43)42-25-27-52(55)37(2)31-42)32-45(30-36)48-19-11-12-20-49(48)51-35-57-54(41-15-7-4-8-16-41)33-50(51)40-23-21-39(22-24-40)38-13-5-3-6-14-38;1-37-14-13-19-43(30-37)53-29-28-44(35-55-53)47-20-9-10-21-48(47)45-31-38(2)32-46(33-45)49-22-11-12-23-50(49)52-36-56-54(42-17-7-4-8-18-42)34-51(52)41-26-24-40(25-27-41)39-15-5-3-6-16-39;;/h3-15,17-24,26-35H,1-2H3;3-17,20-36H,1-2H3;;/q2*-2;;. The van der Waals surface area contributed by atoms with Gasteiger partial charge in [0.25, 0.3) is 0 Å². The molecule has 0 spiro atoms. The molecule has 18 aromatic rings. The van der Waals surface area contributed by atoms with Crippen molar-refractivity contribution in [2.75, 3.05) is 0 Å². The van der Waals surface area contributed by atoms with Crippen LogP contribution in [-0.4, -0.2) is 19.9 Å². The number of rotatable bonds is 16. The van der Waals surface area contributed by atoms with Crippen LogP contribution in [0, 0.1) is 57.8 Å². The maximum Gasteiger partial charge on any atom is 0.0408 e. The summed E-state index contributed by atoms with van der Waals surface area (Å²) >= 11 is 0. The van der Waals surface area contributed by atoms with E-state index in [1.807, 2.05) is 79.4 Å². The maximum absolute atomic E-state index is 13.9. The molecule has 0 unspecified atom stereocenters. The van der Waals surface area contributed by atoms with E-state index in [9.17, 15) is 4.39 Å². The molecule has 556 valence electrons. The van der Waals surface area contributed by atoms with Crippen LogP contribution in [0.3, 0.4) is 0 Å². The van der Waals surface area contributed by atoms with Crippen LogP contribution in [0.15, 0.2) is 383 Å². The molecule has 4 heterocycles. The predicted molar refractivity (Wildman–Crippen MR) is 465 cm³/mol. The van der Waals surface area contributed by atoms with Crippen molar-refractivity contribution >= 4 is 0 Å². The maximum atomic E-state index is 13.9. The average molecular weight is 1830 g/mol. The van der Waals surface area contributed by atoms with Gasteiger partial charge in [0.05, 0.1) is 0 Å². The van der Waals surface area contributed by atoms with E-state index in [4.69, 9.17) is 19.9 Å². The molecule has 14 aromatic carbocycles. The van der Waals surface area contributed by atoms with Gasteiger partial charge in [-0.25, -0.2) is 0 Å². The number of hydrogen-bond donors (Lipinski definition) is 0. The SMILES string of the molecule is Cc1cc(-c2ccccc2-c2ccc(-c3[c-]cc(F)c(C)c3)nc2)cc(-c2ccccc2-c2cnc(-c3[c-]cccc3)cc2-c2ccc(-c3ccccc3)cc2)c1.Cc1cc[c-]c(-c2ccc(-c3ccccc3-c3cc(C)cc(-c4ccccc4-c4cnc(-c5[c-]cccc5)cc4-c4ccc(-c5ccccc5)cc4)c3)cn2)c1.[Ir].[Ir]. The predicted octanol–water partition coefficient (Wildman–Crippen LogP) is 28.2. The molecule has 0 amide bonds. The first-order valence-corrected chi connectivity index (χ1v) is 38.0. The van der Waals surface area contributed by atoms with Gasteiger partial charge in [0.15, 0.2) is 0 Å². The van der Waals surface area contributed by atoms with Crippen molar-refractivity contribution in [3.05, 3.63) is 435 Å². The first kappa shape index (κ1) is 77.2. The summed E-state index contributed by atoms with van der Waals surface area (Å²) in [7, 11) is 0. The number of pyridine rings is 4. The largest absolute Gasteiger partial charge is 0.304 e. The van der Waals surface area contributed by atoms with Gasteiger partial charge in [0.1, 0.15) is 0 Å². The fourth-order valence-corrected chi connectivity index (χ4v) is 15.1. The van der Waals surface area contributed by atoms with E-state index in [1.54, 1.807) is 13.0 Å². The Kier molecular flexibility index (Phi) is 23.7. The minimum atomic E-state index is -0.268. The fourth-order valence-electron chi connectivity index (χ4n) is 15.1. The first-order valence-electron chi connectivity index (χ1n) is 38.0. The van der Waals surface area contributed by atoms with Crippen LogP contribution in [0.1, 0.15) is 22.3 Å². The molecule has 0 N–H and O–H groups in total. The molecule has 0 fully saturated rings. The van der Waals surface area contributed by atoms with Crippen molar-refractivity contribution in [3.8, 4) is 179 Å². The summed E-state index contributed by atoms with van der Waals surface area (Å²) in [5.74, 6) is -0.268. The summed E-state index contributed by atoms with van der Waals surface area (Å²) in [5, 5.41) is 0. The quantitative estimate of drug-likeness (QED) is 0.0905. The first-order chi connectivity index (χ1) is 55.5. The number of aryl methyl sites for hydroxylation is 4. The Morgan fingerprint density at radius 3 is 0.913 bits per heavy atom. The van der Waals surface area contributed by atoms with Crippen molar-refractivity contribution < 1.29 is 44.6 Å². The topological polar surface area (TPSA) is 51.6 Å². The zero-order chi connectivity index (χ0) is 76.6. The van der Waals surface area contributed by atoms with Crippen LogP contribution < -0.4 is 0 Å². The third-order valence-corrected chi connectivity index (χ3v) is 20.8. The van der Waals surface area contributed by atoms with E-state index in [1.165, 1.54) is 39.4 Å². The molecule has 0 bridgehead atoms. The molecule has 4 aromatic heterocycles. The number of nitrogens with zero attached hydrogens (tertiary/aromatic N) is 4. The Morgan fingerprint density at radius 1 is 0.209 bits per heavy atom. The number of hydrogen-bond acceptors (Lipinski definition) is 4. The molecule has 18 rings (SSSR count). The number of aromatic nitrogens is 4.